The molecular weight excluding hydrogens is 430 g/mol. The van der Waals surface area contributed by atoms with Crippen molar-refractivity contribution in [2.75, 3.05) is 6.61 Å². The van der Waals surface area contributed by atoms with E-state index in [0.29, 0.717) is 23.5 Å². The summed E-state index contributed by atoms with van der Waals surface area (Å²) < 4.78 is 5.46. The van der Waals surface area contributed by atoms with Gasteiger partial charge < -0.3 is 19.8 Å². The zero-order valence-electron chi connectivity index (χ0n) is 19.4. The van der Waals surface area contributed by atoms with Gasteiger partial charge in [0.2, 0.25) is 0 Å². The maximum absolute atomic E-state index is 13.2. The van der Waals surface area contributed by atoms with Crippen LogP contribution in [0.1, 0.15) is 40.8 Å². The number of carbonyl (C=O) groups is 2. The Kier molecular flexibility index (Phi) is 6.41. The minimum atomic E-state index is -0.799. The Balaban J connectivity index is 1.83. The molecule has 1 unspecified atom stereocenters. The van der Waals surface area contributed by atoms with Crippen molar-refractivity contribution in [3.63, 3.8) is 0 Å². The molecule has 1 saturated heterocycles. The predicted molar refractivity (Wildman–Crippen MR) is 129 cm³/mol. The van der Waals surface area contributed by atoms with Crippen LogP contribution in [-0.2, 0) is 16.1 Å². The van der Waals surface area contributed by atoms with Gasteiger partial charge in [0.25, 0.3) is 11.7 Å². The molecule has 2 N–H and O–H groups in total. The number of phenolic OH excluding ortho intramolecular Hbond substituents is 1. The Morgan fingerprint density at radius 3 is 2.29 bits per heavy atom. The SMILES string of the molecule is CCOc1ccc(/C(O)=C2\C(=O)C(=O)N(Cc3cc(C)ccc3C)C2c2ccc(O)cc2)cc1. The lowest BCUT2D eigenvalue weighted by molar-refractivity contribution is -0.140. The molecule has 1 atom stereocenters. The first-order chi connectivity index (χ1) is 16.3. The Hall–Kier alpha value is -4.06. The summed E-state index contributed by atoms with van der Waals surface area (Å²) in [6.45, 7) is 6.53. The molecule has 3 aromatic carbocycles. The second-order valence-electron chi connectivity index (χ2n) is 8.41. The molecule has 6 heteroatoms. The minimum Gasteiger partial charge on any atom is -0.508 e. The van der Waals surface area contributed by atoms with Gasteiger partial charge in [0.05, 0.1) is 18.2 Å². The second kappa shape index (κ2) is 9.43. The molecule has 1 aliphatic rings. The number of aliphatic hydroxyl groups excluding tert-OH is 1. The molecular formula is C28H27NO5. The second-order valence-corrected chi connectivity index (χ2v) is 8.41. The van der Waals surface area contributed by atoms with Crippen molar-refractivity contribution in [3.8, 4) is 11.5 Å². The zero-order valence-corrected chi connectivity index (χ0v) is 19.4. The summed E-state index contributed by atoms with van der Waals surface area (Å²) in [7, 11) is 0. The molecule has 0 aliphatic carbocycles. The highest BCUT2D eigenvalue weighted by molar-refractivity contribution is 6.46. The van der Waals surface area contributed by atoms with E-state index in [0.717, 1.165) is 16.7 Å². The number of benzene rings is 3. The van der Waals surface area contributed by atoms with Gasteiger partial charge in [-0.3, -0.25) is 9.59 Å². The van der Waals surface area contributed by atoms with E-state index in [1.54, 1.807) is 36.4 Å². The standard InChI is InChI=1S/C28H27NO5/c1-4-34-23-13-9-20(10-14-23)26(31)24-25(19-7-11-22(30)12-8-19)29(28(33)27(24)32)16-21-15-17(2)5-6-18(21)3/h5-15,25,30-31H,4,16H2,1-3H3/b26-24+. The number of aryl methyl sites for hydroxylation is 2. The van der Waals surface area contributed by atoms with Crippen molar-refractivity contribution in [1.29, 1.82) is 0 Å². The summed E-state index contributed by atoms with van der Waals surface area (Å²) >= 11 is 0. The van der Waals surface area contributed by atoms with E-state index < -0.39 is 17.7 Å². The van der Waals surface area contributed by atoms with Crippen LogP contribution in [0.5, 0.6) is 11.5 Å². The van der Waals surface area contributed by atoms with Crippen molar-refractivity contribution in [1.82, 2.24) is 4.90 Å². The lowest BCUT2D eigenvalue weighted by atomic mass is 9.95. The maximum atomic E-state index is 13.2. The van der Waals surface area contributed by atoms with Crippen molar-refractivity contribution >= 4 is 17.4 Å². The number of aromatic hydroxyl groups is 1. The monoisotopic (exact) mass is 457 g/mol. The lowest BCUT2D eigenvalue weighted by Crippen LogP contribution is -2.29. The first-order valence-electron chi connectivity index (χ1n) is 11.2. The molecule has 0 bridgehead atoms. The van der Waals surface area contributed by atoms with Gasteiger partial charge in [0.1, 0.15) is 17.3 Å². The van der Waals surface area contributed by atoms with E-state index in [1.807, 2.05) is 39.0 Å². The van der Waals surface area contributed by atoms with E-state index >= 15 is 0 Å². The fraction of sp³-hybridized carbons (Fsp3) is 0.214. The number of aliphatic hydroxyl groups is 1. The number of carbonyl (C=O) groups excluding carboxylic acids is 2. The van der Waals surface area contributed by atoms with Crippen LogP contribution >= 0.6 is 0 Å². The normalized spacial score (nSPS) is 17.3. The molecule has 0 aromatic heterocycles. The molecule has 34 heavy (non-hydrogen) atoms. The average molecular weight is 458 g/mol. The Labute approximate surface area is 198 Å². The summed E-state index contributed by atoms with van der Waals surface area (Å²) in [5, 5.41) is 21.0. The summed E-state index contributed by atoms with van der Waals surface area (Å²) in [4.78, 5) is 27.9. The van der Waals surface area contributed by atoms with Gasteiger partial charge in [-0.25, -0.2) is 0 Å². The lowest BCUT2D eigenvalue weighted by Gasteiger charge is -2.26. The number of hydrogen-bond donors (Lipinski definition) is 2. The first-order valence-corrected chi connectivity index (χ1v) is 11.2. The molecule has 1 fully saturated rings. The molecule has 3 aromatic rings. The molecule has 1 aliphatic heterocycles. The van der Waals surface area contributed by atoms with Gasteiger partial charge in [-0.2, -0.15) is 0 Å². The third kappa shape index (κ3) is 4.39. The minimum absolute atomic E-state index is 0.0187. The fourth-order valence-electron chi connectivity index (χ4n) is 4.23. The van der Waals surface area contributed by atoms with E-state index in [-0.39, 0.29) is 23.6 Å². The predicted octanol–water partition coefficient (Wildman–Crippen LogP) is 5.03. The van der Waals surface area contributed by atoms with Crippen molar-refractivity contribution in [3.05, 3.63) is 100 Å². The van der Waals surface area contributed by atoms with Crippen LogP contribution in [0.4, 0.5) is 0 Å². The molecule has 0 saturated carbocycles. The number of hydrogen-bond acceptors (Lipinski definition) is 5. The summed E-state index contributed by atoms with van der Waals surface area (Å²) in [6, 6.07) is 18.2. The highest BCUT2D eigenvalue weighted by atomic mass is 16.5. The van der Waals surface area contributed by atoms with Crippen molar-refractivity contribution < 1.29 is 24.5 Å². The van der Waals surface area contributed by atoms with Gasteiger partial charge in [-0.1, -0.05) is 35.9 Å². The highest BCUT2D eigenvalue weighted by Crippen LogP contribution is 2.41. The van der Waals surface area contributed by atoms with Crippen LogP contribution in [0, 0.1) is 13.8 Å². The summed E-state index contributed by atoms with van der Waals surface area (Å²) in [6.07, 6.45) is 0. The van der Waals surface area contributed by atoms with Crippen LogP contribution in [0.3, 0.4) is 0 Å². The van der Waals surface area contributed by atoms with E-state index in [2.05, 4.69) is 0 Å². The quantitative estimate of drug-likeness (QED) is 0.308. The van der Waals surface area contributed by atoms with E-state index in [1.165, 1.54) is 17.0 Å². The van der Waals surface area contributed by atoms with Crippen molar-refractivity contribution in [2.24, 2.45) is 0 Å². The topological polar surface area (TPSA) is 87.1 Å². The van der Waals surface area contributed by atoms with E-state index in [9.17, 15) is 19.8 Å². The Bertz CT molecular complexity index is 1260. The van der Waals surface area contributed by atoms with Gasteiger partial charge in [-0.05, 0) is 73.9 Å². The third-order valence-corrected chi connectivity index (χ3v) is 6.03. The van der Waals surface area contributed by atoms with Crippen molar-refractivity contribution in [2.45, 2.75) is 33.4 Å². The number of Topliss-reactive ketones (excluding diaryl/α,β-unsaturated/α-hetero) is 1. The maximum Gasteiger partial charge on any atom is 0.295 e. The Morgan fingerprint density at radius 2 is 1.65 bits per heavy atom. The van der Waals surface area contributed by atoms with Gasteiger partial charge in [-0.15, -0.1) is 0 Å². The molecule has 174 valence electrons. The summed E-state index contributed by atoms with van der Waals surface area (Å²) in [5.74, 6) is -0.949. The number of likely N-dealkylation sites (tertiary alicyclic amines) is 1. The number of amides is 1. The molecule has 4 rings (SSSR count). The smallest absolute Gasteiger partial charge is 0.295 e. The van der Waals surface area contributed by atoms with Gasteiger partial charge in [0.15, 0.2) is 0 Å². The number of phenols is 1. The zero-order chi connectivity index (χ0) is 24.4. The van der Waals surface area contributed by atoms with Crippen LogP contribution in [0.15, 0.2) is 72.3 Å². The van der Waals surface area contributed by atoms with Gasteiger partial charge >= 0.3 is 0 Å². The van der Waals surface area contributed by atoms with Gasteiger partial charge in [0, 0.05) is 12.1 Å². The third-order valence-electron chi connectivity index (χ3n) is 6.03. The van der Waals surface area contributed by atoms with Crippen LogP contribution < -0.4 is 4.74 Å². The van der Waals surface area contributed by atoms with Crippen LogP contribution in [0.25, 0.3) is 5.76 Å². The fourth-order valence-corrected chi connectivity index (χ4v) is 4.23. The first kappa shape index (κ1) is 23.1. The molecule has 0 radical (unpaired) electrons. The van der Waals surface area contributed by atoms with Crippen LogP contribution in [-0.4, -0.2) is 33.4 Å². The number of nitrogens with zero attached hydrogens (tertiary/aromatic N) is 1. The Morgan fingerprint density at radius 1 is 0.971 bits per heavy atom. The average Bonchev–Trinajstić information content (AvgIpc) is 3.07. The molecule has 6 nitrogen and oxygen atoms in total. The number of ether oxygens (including phenoxy) is 1. The van der Waals surface area contributed by atoms with Crippen LogP contribution in [0.2, 0.25) is 0 Å². The molecule has 1 amide bonds. The van der Waals surface area contributed by atoms with E-state index in [4.69, 9.17) is 4.74 Å². The summed E-state index contributed by atoms with van der Waals surface area (Å²) in [5.41, 5.74) is 4.03. The largest absolute Gasteiger partial charge is 0.508 e. The highest BCUT2D eigenvalue weighted by Gasteiger charge is 2.46. The molecule has 0 spiro atoms. The molecule has 1 heterocycles. The number of rotatable bonds is 6. The number of ketones is 1.